The summed E-state index contributed by atoms with van der Waals surface area (Å²) >= 11 is 10.6. The zero-order chi connectivity index (χ0) is 22.1. The molecule has 0 aliphatic carbocycles. The average Bonchev–Trinajstić information content (AvgIpc) is 3.07. The van der Waals surface area contributed by atoms with Gasteiger partial charge in [-0.2, -0.15) is 0 Å². The maximum Gasteiger partial charge on any atom is 0.335 e. The molecule has 4 rings (SSSR count). The number of halogens is 3. The third-order valence-electron chi connectivity index (χ3n) is 4.17. The van der Waals surface area contributed by atoms with Crippen LogP contribution in [0.15, 0.2) is 79.0 Å². The van der Waals surface area contributed by atoms with E-state index < -0.39 is 23.7 Å². The van der Waals surface area contributed by atoms with Gasteiger partial charge in [0.1, 0.15) is 17.2 Å². The fourth-order valence-corrected chi connectivity index (χ4v) is 4.20. The third-order valence-corrected chi connectivity index (χ3v) is 6.27. The number of rotatable bonds is 4. The Labute approximate surface area is 193 Å². The van der Waals surface area contributed by atoms with E-state index in [4.69, 9.17) is 16.0 Å². The molecule has 1 saturated heterocycles. The second-order valence-electron chi connectivity index (χ2n) is 6.27. The molecule has 6 nitrogen and oxygen atoms in total. The van der Waals surface area contributed by atoms with E-state index in [1.54, 1.807) is 18.2 Å². The van der Waals surface area contributed by atoms with Gasteiger partial charge in [0.25, 0.3) is 11.8 Å². The van der Waals surface area contributed by atoms with Crippen molar-refractivity contribution in [3.05, 3.63) is 81.2 Å². The van der Waals surface area contributed by atoms with Gasteiger partial charge < -0.3 is 4.42 Å². The highest BCUT2D eigenvalue weighted by molar-refractivity contribution is 9.10. The minimum Gasteiger partial charge on any atom is -0.449 e. The molecule has 1 aliphatic rings. The molecule has 2 aromatic carbocycles. The molecule has 156 valence electrons. The molecule has 2 heterocycles. The van der Waals surface area contributed by atoms with Crippen LogP contribution < -0.4 is 10.2 Å². The Morgan fingerprint density at radius 3 is 2.42 bits per heavy atom. The van der Waals surface area contributed by atoms with E-state index in [0.717, 1.165) is 21.9 Å². The molecular weight excluding hydrogens is 511 g/mol. The van der Waals surface area contributed by atoms with Crippen molar-refractivity contribution in [1.29, 1.82) is 0 Å². The number of carbonyl (C=O) groups is 3. The molecule has 0 unspecified atom stereocenters. The maximum absolute atomic E-state index is 13.2. The van der Waals surface area contributed by atoms with Crippen LogP contribution in [0.2, 0.25) is 5.02 Å². The highest BCUT2D eigenvalue weighted by atomic mass is 79.9. The zero-order valence-electron chi connectivity index (χ0n) is 15.4. The average molecular weight is 522 g/mol. The van der Waals surface area contributed by atoms with E-state index in [0.29, 0.717) is 14.6 Å². The van der Waals surface area contributed by atoms with Crippen molar-refractivity contribution in [3.63, 3.8) is 0 Å². The van der Waals surface area contributed by atoms with E-state index >= 15 is 0 Å². The number of carbonyl (C=O) groups excluding carboxylic acids is 3. The van der Waals surface area contributed by atoms with Crippen molar-refractivity contribution < 1.29 is 23.2 Å². The van der Waals surface area contributed by atoms with Crippen LogP contribution in [0.3, 0.4) is 0 Å². The van der Waals surface area contributed by atoms with Gasteiger partial charge in [0.15, 0.2) is 5.09 Å². The predicted molar refractivity (Wildman–Crippen MR) is 117 cm³/mol. The Morgan fingerprint density at radius 2 is 1.74 bits per heavy atom. The molecule has 4 amide bonds. The molecule has 31 heavy (non-hydrogen) atoms. The first-order valence-electron chi connectivity index (χ1n) is 8.71. The third kappa shape index (κ3) is 4.58. The number of anilines is 1. The fourth-order valence-electron chi connectivity index (χ4n) is 2.74. The summed E-state index contributed by atoms with van der Waals surface area (Å²) < 4.78 is 19.6. The number of imide groups is 2. The number of hydrogen-bond acceptors (Lipinski definition) is 5. The van der Waals surface area contributed by atoms with Gasteiger partial charge in [-0.05, 0) is 76.6 Å². The van der Waals surface area contributed by atoms with Crippen molar-refractivity contribution in [3.8, 4) is 0 Å². The SMILES string of the molecule is O=C1NC(=O)N(c2ccc(F)cc2)C(=O)/C1=C/c1cc(Br)c(Sc2ccc(Cl)cc2)o1. The van der Waals surface area contributed by atoms with Gasteiger partial charge >= 0.3 is 6.03 Å². The number of barbiturate groups is 1. The minimum absolute atomic E-state index is 0.127. The second kappa shape index (κ2) is 8.70. The molecule has 1 aromatic heterocycles. The van der Waals surface area contributed by atoms with Crippen molar-refractivity contribution in [2.45, 2.75) is 9.99 Å². The highest BCUT2D eigenvalue weighted by Gasteiger charge is 2.37. The largest absolute Gasteiger partial charge is 0.449 e. The van der Waals surface area contributed by atoms with E-state index in [9.17, 15) is 18.8 Å². The summed E-state index contributed by atoms with van der Waals surface area (Å²) in [5.41, 5.74) is -0.171. The Morgan fingerprint density at radius 1 is 1.06 bits per heavy atom. The second-order valence-corrected chi connectivity index (χ2v) is 8.61. The van der Waals surface area contributed by atoms with Crippen molar-refractivity contribution in [1.82, 2.24) is 5.32 Å². The number of hydrogen-bond donors (Lipinski definition) is 1. The smallest absolute Gasteiger partial charge is 0.335 e. The van der Waals surface area contributed by atoms with Crippen LogP contribution in [0, 0.1) is 5.82 Å². The standard InChI is InChI=1S/C21H11BrClFN2O4S/c22-17-10-14(30-20(17)31-15-7-1-11(23)2-8-15)9-16-18(27)25-21(29)26(19(16)28)13-5-3-12(24)4-6-13/h1-10H,(H,25,27,29)/b16-9+. The number of nitrogens with one attached hydrogen (secondary N) is 1. The summed E-state index contributed by atoms with van der Waals surface area (Å²) in [6.07, 6.45) is 1.25. The van der Waals surface area contributed by atoms with Crippen LogP contribution >= 0.6 is 39.3 Å². The van der Waals surface area contributed by atoms with E-state index in [-0.39, 0.29) is 17.0 Å². The summed E-state index contributed by atoms with van der Waals surface area (Å²) in [4.78, 5) is 39.0. The molecule has 10 heteroatoms. The molecule has 0 atom stereocenters. The lowest BCUT2D eigenvalue weighted by Crippen LogP contribution is -2.54. The Bertz CT molecular complexity index is 1230. The minimum atomic E-state index is -0.918. The Balaban J connectivity index is 1.63. The topological polar surface area (TPSA) is 79.6 Å². The molecule has 0 saturated carbocycles. The quantitative estimate of drug-likeness (QED) is 0.354. The lowest BCUT2D eigenvalue weighted by Gasteiger charge is -2.26. The molecular formula is C21H11BrClFN2O4S. The Kier molecular flexibility index (Phi) is 5.99. The van der Waals surface area contributed by atoms with E-state index in [1.165, 1.54) is 30.0 Å². The predicted octanol–water partition coefficient (Wildman–Crippen LogP) is 5.65. The number of amides is 4. The van der Waals surface area contributed by atoms with Gasteiger partial charge in [0.05, 0.1) is 10.2 Å². The first-order valence-corrected chi connectivity index (χ1v) is 10.7. The van der Waals surface area contributed by atoms with Crippen LogP contribution in [-0.2, 0) is 9.59 Å². The van der Waals surface area contributed by atoms with Crippen molar-refractivity contribution in [2.24, 2.45) is 0 Å². The molecule has 1 N–H and O–H groups in total. The summed E-state index contributed by atoms with van der Waals surface area (Å²) in [5, 5.41) is 3.21. The van der Waals surface area contributed by atoms with Crippen molar-refractivity contribution >= 4 is 68.9 Å². The summed E-state index contributed by atoms with van der Waals surface area (Å²) in [6, 6.07) is 12.6. The molecule has 1 fully saturated rings. The first kappa shape index (κ1) is 21.4. The maximum atomic E-state index is 13.2. The van der Waals surface area contributed by atoms with Gasteiger partial charge in [-0.1, -0.05) is 23.4 Å². The van der Waals surface area contributed by atoms with Gasteiger partial charge in [-0.25, -0.2) is 14.1 Å². The first-order chi connectivity index (χ1) is 14.8. The van der Waals surface area contributed by atoms with Gasteiger partial charge in [0.2, 0.25) is 0 Å². The fraction of sp³-hybridized carbons (Fsp3) is 0. The lowest BCUT2D eigenvalue weighted by atomic mass is 10.1. The molecule has 3 aromatic rings. The monoisotopic (exact) mass is 520 g/mol. The molecule has 1 aliphatic heterocycles. The van der Waals surface area contributed by atoms with E-state index in [2.05, 4.69) is 21.2 Å². The van der Waals surface area contributed by atoms with Gasteiger partial charge in [-0.3, -0.25) is 14.9 Å². The normalized spacial score (nSPS) is 15.5. The summed E-state index contributed by atoms with van der Waals surface area (Å²) in [5.74, 6) is -1.99. The van der Waals surface area contributed by atoms with Crippen LogP contribution in [-0.4, -0.2) is 17.8 Å². The number of nitrogens with zero attached hydrogens (tertiary/aromatic N) is 1. The highest BCUT2D eigenvalue weighted by Crippen LogP contribution is 2.37. The lowest BCUT2D eigenvalue weighted by molar-refractivity contribution is -0.122. The number of furan rings is 1. The van der Waals surface area contributed by atoms with Gasteiger partial charge in [-0.15, -0.1) is 0 Å². The Hall–Kier alpha value is -2.88. The summed E-state index contributed by atoms with van der Waals surface area (Å²) in [7, 11) is 0. The summed E-state index contributed by atoms with van der Waals surface area (Å²) in [6.45, 7) is 0. The van der Waals surface area contributed by atoms with Crippen molar-refractivity contribution in [2.75, 3.05) is 4.90 Å². The zero-order valence-corrected chi connectivity index (χ0v) is 18.6. The van der Waals surface area contributed by atoms with Crippen LogP contribution in [0.4, 0.5) is 14.9 Å². The number of urea groups is 1. The molecule has 0 radical (unpaired) electrons. The number of benzene rings is 2. The van der Waals surface area contributed by atoms with Crippen LogP contribution in [0.1, 0.15) is 5.76 Å². The van der Waals surface area contributed by atoms with Crippen LogP contribution in [0.5, 0.6) is 0 Å². The van der Waals surface area contributed by atoms with Gasteiger partial charge in [0, 0.05) is 9.92 Å². The molecule has 0 bridgehead atoms. The van der Waals surface area contributed by atoms with Crippen LogP contribution in [0.25, 0.3) is 6.08 Å². The van der Waals surface area contributed by atoms with E-state index in [1.807, 2.05) is 12.1 Å². The molecule has 0 spiro atoms.